The monoisotopic (exact) mass is 267 g/mol. The quantitative estimate of drug-likeness (QED) is 0.711. The van der Waals surface area contributed by atoms with E-state index in [0.717, 1.165) is 5.56 Å². The normalized spacial score (nSPS) is 12.2. The van der Waals surface area contributed by atoms with Gasteiger partial charge in [-0.1, -0.05) is 19.1 Å². The lowest BCUT2D eigenvalue weighted by Crippen LogP contribution is -2.30. The van der Waals surface area contributed by atoms with E-state index in [1.165, 1.54) is 12.1 Å². The lowest BCUT2D eigenvalue weighted by atomic mass is 9.97. The van der Waals surface area contributed by atoms with Crippen molar-refractivity contribution in [1.82, 2.24) is 4.90 Å². The van der Waals surface area contributed by atoms with E-state index in [2.05, 4.69) is 0 Å². The van der Waals surface area contributed by atoms with E-state index >= 15 is 0 Å². The molecule has 106 valence electrons. The van der Waals surface area contributed by atoms with E-state index in [9.17, 15) is 9.18 Å². The van der Waals surface area contributed by atoms with Crippen LogP contribution in [0.1, 0.15) is 31.7 Å². The summed E-state index contributed by atoms with van der Waals surface area (Å²) in [5, 5.41) is 0. The highest BCUT2D eigenvalue weighted by Crippen LogP contribution is 2.19. The van der Waals surface area contributed by atoms with Crippen LogP contribution in [0.4, 0.5) is 4.39 Å². The summed E-state index contributed by atoms with van der Waals surface area (Å²) < 4.78 is 18.0. The van der Waals surface area contributed by atoms with Crippen LogP contribution in [0.25, 0.3) is 0 Å². The molecular weight excluding hydrogens is 245 g/mol. The molecule has 1 amide bonds. The molecule has 0 radical (unpaired) electrons. The Morgan fingerprint density at radius 1 is 1.37 bits per heavy atom. The van der Waals surface area contributed by atoms with Crippen LogP contribution in [0, 0.1) is 5.82 Å². The van der Waals surface area contributed by atoms with Gasteiger partial charge >= 0.3 is 0 Å². The van der Waals surface area contributed by atoms with Crippen molar-refractivity contribution < 1.29 is 13.9 Å². The average Bonchev–Trinajstić information content (AvgIpc) is 2.39. The molecule has 0 N–H and O–H groups in total. The maximum absolute atomic E-state index is 12.8. The van der Waals surface area contributed by atoms with Crippen LogP contribution in [-0.2, 0) is 9.53 Å². The van der Waals surface area contributed by atoms with Gasteiger partial charge in [0, 0.05) is 26.6 Å². The van der Waals surface area contributed by atoms with Gasteiger partial charge in [0.05, 0.1) is 6.61 Å². The maximum atomic E-state index is 12.8. The van der Waals surface area contributed by atoms with Crippen molar-refractivity contribution in [1.29, 1.82) is 0 Å². The van der Waals surface area contributed by atoms with Crippen molar-refractivity contribution in [2.24, 2.45) is 0 Å². The second-order valence-corrected chi connectivity index (χ2v) is 4.67. The number of likely N-dealkylation sites (N-methyl/N-ethyl adjacent to an activating group) is 1. The molecule has 0 saturated carbocycles. The Hall–Kier alpha value is -1.42. The van der Waals surface area contributed by atoms with E-state index in [1.807, 2.05) is 13.8 Å². The Kier molecular flexibility index (Phi) is 6.50. The van der Waals surface area contributed by atoms with Crippen molar-refractivity contribution in [2.75, 3.05) is 26.8 Å². The van der Waals surface area contributed by atoms with Gasteiger partial charge in [-0.3, -0.25) is 4.79 Å². The number of amides is 1. The average molecular weight is 267 g/mol. The summed E-state index contributed by atoms with van der Waals surface area (Å²) in [6.45, 7) is 5.72. The molecule has 3 nitrogen and oxygen atoms in total. The molecule has 0 aliphatic carbocycles. The number of nitrogens with zero attached hydrogens (tertiary/aromatic N) is 1. The number of rotatable bonds is 7. The van der Waals surface area contributed by atoms with Crippen LogP contribution in [0.2, 0.25) is 0 Å². The van der Waals surface area contributed by atoms with Crippen LogP contribution in [0.5, 0.6) is 0 Å². The number of halogens is 1. The van der Waals surface area contributed by atoms with Crippen LogP contribution >= 0.6 is 0 Å². The standard InChI is InChI=1S/C15H22FNO2/c1-4-19-10-9-17(3)15(18)11-12(2)13-5-7-14(16)8-6-13/h5-8,12H,4,9-11H2,1-3H3/t12-/m1/s1. The number of benzene rings is 1. The third-order valence-electron chi connectivity index (χ3n) is 3.12. The number of carbonyl (C=O) groups is 1. The van der Waals surface area contributed by atoms with Gasteiger partial charge in [0.1, 0.15) is 5.82 Å². The van der Waals surface area contributed by atoms with Crippen molar-refractivity contribution in [2.45, 2.75) is 26.2 Å². The van der Waals surface area contributed by atoms with Gasteiger partial charge in [-0.15, -0.1) is 0 Å². The highest BCUT2D eigenvalue weighted by molar-refractivity contribution is 5.76. The SMILES string of the molecule is CCOCCN(C)C(=O)C[C@@H](C)c1ccc(F)cc1. The summed E-state index contributed by atoms with van der Waals surface area (Å²) >= 11 is 0. The molecule has 0 aliphatic heterocycles. The van der Waals surface area contributed by atoms with Gasteiger partial charge in [-0.2, -0.15) is 0 Å². The van der Waals surface area contributed by atoms with Crippen LogP contribution in [0.15, 0.2) is 24.3 Å². The number of hydrogen-bond acceptors (Lipinski definition) is 2. The molecule has 1 aromatic carbocycles. The first-order valence-electron chi connectivity index (χ1n) is 6.61. The lowest BCUT2D eigenvalue weighted by Gasteiger charge is -2.19. The van der Waals surface area contributed by atoms with Gasteiger partial charge in [0.15, 0.2) is 0 Å². The molecule has 1 aromatic rings. The van der Waals surface area contributed by atoms with Gasteiger partial charge in [-0.25, -0.2) is 4.39 Å². The van der Waals surface area contributed by atoms with E-state index in [-0.39, 0.29) is 17.6 Å². The minimum absolute atomic E-state index is 0.0801. The molecule has 1 atom stereocenters. The third kappa shape index (κ3) is 5.39. The van der Waals surface area contributed by atoms with E-state index in [4.69, 9.17) is 4.74 Å². The summed E-state index contributed by atoms with van der Waals surface area (Å²) in [4.78, 5) is 13.7. The number of carbonyl (C=O) groups excluding carboxylic acids is 1. The van der Waals surface area contributed by atoms with Gasteiger partial charge in [-0.05, 0) is 30.5 Å². The summed E-state index contributed by atoms with van der Waals surface area (Å²) in [7, 11) is 1.78. The first kappa shape index (κ1) is 15.6. The van der Waals surface area contributed by atoms with Crippen LogP contribution in [0.3, 0.4) is 0 Å². The van der Waals surface area contributed by atoms with Crippen LogP contribution in [-0.4, -0.2) is 37.6 Å². The first-order chi connectivity index (χ1) is 9.04. The predicted octanol–water partition coefficient (Wildman–Crippen LogP) is 2.81. The Labute approximate surface area is 114 Å². The zero-order valence-electron chi connectivity index (χ0n) is 11.9. The largest absolute Gasteiger partial charge is 0.380 e. The molecule has 0 spiro atoms. The third-order valence-corrected chi connectivity index (χ3v) is 3.12. The smallest absolute Gasteiger partial charge is 0.222 e. The lowest BCUT2D eigenvalue weighted by molar-refractivity contribution is -0.130. The molecule has 0 bridgehead atoms. The minimum atomic E-state index is -0.254. The number of hydrogen-bond donors (Lipinski definition) is 0. The second kappa shape index (κ2) is 7.89. The van der Waals surface area contributed by atoms with Gasteiger partial charge in [0.25, 0.3) is 0 Å². The van der Waals surface area contributed by atoms with Crippen molar-refractivity contribution in [3.63, 3.8) is 0 Å². The molecule has 19 heavy (non-hydrogen) atoms. The second-order valence-electron chi connectivity index (χ2n) is 4.67. The van der Waals surface area contributed by atoms with Gasteiger partial charge < -0.3 is 9.64 Å². The van der Waals surface area contributed by atoms with Crippen molar-refractivity contribution in [3.8, 4) is 0 Å². The topological polar surface area (TPSA) is 29.5 Å². The van der Waals surface area contributed by atoms with E-state index < -0.39 is 0 Å². The zero-order valence-corrected chi connectivity index (χ0v) is 11.9. The zero-order chi connectivity index (χ0) is 14.3. The Morgan fingerprint density at radius 3 is 2.58 bits per heavy atom. The fourth-order valence-electron chi connectivity index (χ4n) is 1.80. The molecule has 4 heteroatoms. The summed E-state index contributed by atoms with van der Waals surface area (Å²) in [5.74, 6) is -0.0877. The van der Waals surface area contributed by atoms with Gasteiger partial charge in [0.2, 0.25) is 5.91 Å². The fraction of sp³-hybridized carbons (Fsp3) is 0.533. The number of ether oxygens (including phenoxy) is 1. The molecule has 1 rings (SSSR count). The highest BCUT2D eigenvalue weighted by Gasteiger charge is 2.14. The maximum Gasteiger partial charge on any atom is 0.222 e. The molecule has 0 saturated heterocycles. The summed E-state index contributed by atoms with van der Waals surface area (Å²) in [6.07, 6.45) is 0.425. The first-order valence-corrected chi connectivity index (χ1v) is 6.61. The Morgan fingerprint density at radius 2 is 2.00 bits per heavy atom. The fourth-order valence-corrected chi connectivity index (χ4v) is 1.80. The van der Waals surface area contributed by atoms with Crippen LogP contribution < -0.4 is 0 Å². The summed E-state index contributed by atoms with van der Waals surface area (Å²) in [6, 6.07) is 6.31. The minimum Gasteiger partial charge on any atom is -0.380 e. The van der Waals surface area contributed by atoms with E-state index in [0.29, 0.717) is 26.2 Å². The molecule has 0 aromatic heterocycles. The van der Waals surface area contributed by atoms with Crippen molar-refractivity contribution in [3.05, 3.63) is 35.6 Å². The van der Waals surface area contributed by atoms with E-state index in [1.54, 1.807) is 24.1 Å². The Balaban J connectivity index is 2.44. The van der Waals surface area contributed by atoms with Crippen molar-refractivity contribution >= 4 is 5.91 Å². The Bertz CT molecular complexity index is 392. The molecular formula is C15H22FNO2. The summed E-state index contributed by atoms with van der Waals surface area (Å²) in [5.41, 5.74) is 0.980. The molecule has 0 fully saturated rings. The highest BCUT2D eigenvalue weighted by atomic mass is 19.1. The molecule has 0 aliphatic rings. The molecule has 0 unspecified atom stereocenters. The molecule has 0 heterocycles. The predicted molar refractivity (Wildman–Crippen MR) is 73.6 cm³/mol.